The third kappa shape index (κ3) is 5.92. The maximum Gasteiger partial charge on any atom is 0.240 e. The molecule has 0 bridgehead atoms. The van der Waals surface area contributed by atoms with Crippen molar-refractivity contribution in [2.45, 2.75) is 30.6 Å². The Kier molecular flexibility index (Phi) is 7.31. The van der Waals surface area contributed by atoms with E-state index in [-0.39, 0.29) is 17.3 Å². The Morgan fingerprint density at radius 1 is 1.09 bits per heavy atom. The Hall–Kier alpha value is -2.89. The van der Waals surface area contributed by atoms with Crippen LogP contribution in [0.3, 0.4) is 0 Å². The molecule has 4 rings (SSSR count). The molecule has 33 heavy (non-hydrogen) atoms. The molecule has 9 nitrogen and oxygen atoms in total. The molecule has 1 aliphatic heterocycles. The smallest absolute Gasteiger partial charge is 0.240 e. The number of sulfonamides is 1. The van der Waals surface area contributed by atoms with Crippen LogP contribution in [0.2, 0.25) is 0 Å². The van der Waals surface area contributed by atoms with E-state index in [2.05, 4.69) is 15.0 Å². The van der Waals surface area contributed by atoms with E-state index >= 15 is 0 Å². The highest BCUT2D eigenvalue weighted by atomic mass is 32.2. The van der Waals surface area contributed by atoms with Crippen molar-refractivity contribution in [3.05, 3.63) is 36.4 Å². The van der Waals surface area contributed by atoms with Crippen LogP contribution in [0.25, 0.3) is 10.2 Å². The van der Waals surface area contributed by atoms with E-state index in [1.165, 1.54) is 23.5 Å². The Labute approximate surface area is 196 Å². The predicted octanol–water partition coefficient (Wildman–Crippen LogP) is 3.55. The molecular formula is C22H25N3O6S2. The van der Waals surface area contributed by atoms with Crippen molar-refractivity contribution >= 4 is 42.6 Å². The standard InChI is InChI=1S/C22H25N3O6S2/c1-29-15-6-8-17-20(13-15)32-22(24-17)25-21(26)5-3-2-4-10-23-33(27,28)16-7-9-18-19(14-16)31-12-11-30-18/h6-9,13-14,23H,2-5,10-12H2,1H3,(H,24,25,26). The molecule has 0 unspecified atom stereocenters. The number of amides is 1. The van der Waals surface area contributed by atoms with Gasteiger partial charge in [0.1, 0.15) is 19.0 Å². The fourth-order valence-corrected chi connectivity index (χ4v) is 5.33. The second-order valence-corrected chi connectivity index (χ2v) is 10.2. The van der Waals surface area contributed by atoms with Crippen LogP contribution in [-0.4, -0.2) is 46.2 Å². The van der Waals surface area contributed by atoms with E-state index < -0.39 is 10.0 Å². The second kappa shape index (κ2) is 10.4. The van der Waals surface area contributed by atoms with Gasteiger partial charge in [-0.3, -0.25) is 4.79 Å². The number of nitrogens with zero attached hydrogens (tertiary/aromatic N) is 1. The molecule has 2 aromatic carbocycles. The average Bonchev–Trinajstić information content (AvgIpc) is 3.22. The normalized spacial score (nSPS) is 13.1. The summed E-state index contributed by atoms with van der Waals surface area (Å²) in [5.74, 6) is 1.61. The van der Waals surface area contributed by atoms with Crippen molar-refractivity contribution in [1.82, 2.24) is 9.71 Å². The third-order valence-corrected chi connectivity index (χ3v) is 7.43. The summed E-state index contributed by atoms with van der Waals surface area (Å²) in [6.45, 7) is 1.13. The molecule has 0 atom stereocenters. The summed E-state index contributed by atoms with van der Waals surface area (Å²) in [5.41, 5.74) is 0.807. The molecule has 0 saturated heterocycles. The number of carbonyl (C=O) groups is 1. The summed E-state index contributed by atoms with van der Waals surface area (Å²) in [6.07, 6.45) is 2.33. The number of unbranched alkanes of at least 4 members (excludes halogenated alkanes) is 2. The fourth-order valence-electron chi connectivity index (χ4n) is 3.34. The number of carbonyl (C=O) groups excluding carboxylic acids is 1. The first-order chi connectivity index (χ1) is 15.9. The molecule has 0 radical (unpaired) electrons. The molecule has 11 heteroatoms. The third-order valence-electron chi connectivity index (χ3n) is 5.04. The molecule has 1 aliphatic rings. The number of aromatic nitrogens is 1. The van der Waals surface area contributed by atoms with Crippen LogP contribution in [0, 0.1) is 0 Å². The van der Waals surface area contributed by atoms with Gasteiger partial charge in [-0.15, -0.1) is 0 Å². The zero-order valence-corrected chi connectivity index (χ0v) is 19.8. The van der Waals surface area contributed by atoms with E-state index in [0.717, 1.165) is 16.0 Å². The number of ether oxygens (including phenoxy) is 3. The molecule has 2 N–H and O–H groups in total. The fraction of sp³-hybridized carbons (Fsp3) is 0.364. The Morgan fingerprint density at radius 3 is 2.73 bits per heavy atom. The molecule has 0 fully saturated rings. The number of hydrogen-bond donors (Lipinski definition) is 2. The van der Waals surface area contributed by atoms with Crippen molar-refractivity contribution in [2.24, 2.45) is 0 Å². The number of methoxy groups -OCH3 is 1. The first-order valence-electron chi connectivity index (χ1n) is 10.6. The minimum atomic E-state index is -3.64. The monoisotopic (exact) mass is 491 g/mol. The van der Waals surface area contributed by atoms with Crippen LogP contribution in [0.15, 0.2) is 41.3 Å². The molecule has 0 saturated carbocycles. The largest absolute Gasteiger partial charge is 0.497 e. The Balaban J connectivity index is 1.18. The van der Waals surface area contributed by atoms with Gasteiger partial charge in [0.2, 0.25) is 15.9 Å². The van der Waals surface area contributed by atoms with Gasteiger partial charge < -0.3 is 19.5 Å². The number of fused-ring (bicyclic) bond motifs is 2. The Bertz CT molecular complexity index is 1240. The van der Waals surface area contributed by atoms with Gasteiger partial charge in [0.15, 0.2) is 16.6 Å². The van der Waals surface area contributed by atoms with Crippen molar-refractivity contribution in [3.63, 3.8) is 0 Å². The van der Waals surface area contributed by atoms with Crippen molar-refractivity contribution in [1.29, 1.82) is 0 Å². The molecule has 3 aromatic rings. The summed E-state index contributed by atoms with van der Waals surface area (Å²) in [5, 5.41) is 3.38. The van der Waals surface area contributed by atoms with Crippen LogP contribution in [0.1, 0.15) is 25.7 Å². The lowest BCUT2D eigenvalue weighted by Crippen LogP contribution is -2.25. The lowest BCUT2D eigenvalue weighted by atomic mass is 10.2. The maximum absolute atomic E-state index is 12.5. The van der Waals surface area contributed by atoms with E-state index in [9.17, 15) is 13.2 Å². The number of anilines is 1. The highest BCUT2D eigenvalue weighted by molar-refractivity contribution is 7.89. The van der Waals surface area contributed by atoms with E-state index in [1.54, 1.807) is 13.2 Å². The number of benzene rings is 2. The van der Waals surface area contributed by atoms with E-state index in [4.69, 9.17) is 14.2 Å². The first kappa shape index (κ1) is 23.3. The van der Waals surface area contributed by atoms with Crippen molar-refractivity contribution in [3.8, 4) is 17.2 Å². The van der Waals surface area contributed by atoms with Gasteiger partial charge >= 0.3 is 0 Å². The topological polar surface area (TPSA) is 116 Å². The van der Waals surface area contributed by atoms with E-state index in [1.807, 2.05) is 18.2 Å². The Morgan fingerprint density at radius 2 is 1.91 bits per heavy atom. The van der Waals surface area contributed by atoms with Gasteiger partial charge in [0.05, 0.1) is 22.2 Å². The molecule has 2 heterocycles. The van der Waals surface area contributed by atoms with E-state index in [0.29, 0.717) is 55.5 Å². The van der Waals surface area contributed by atoms with Crippen LogP contribution in [-0.2, 0) is 14.8 Å². The molecule has 0 aliphatic carbocycles. The molecule has 1 amide bonds. The van der Waals surface area contributed by atoms with Gasteiger partial charge in [0, 0.05) is 19.0 Å². The van der Waals surface area contributed by atoms with Crippen molar-refractivity contribution < 1.29 is 27.4 Å². The zero-order chi connectivity index (χ0) is 23.3. The maximum atomic E-state index is 12.5. The van der Waals surface area contributed by atoms with Gasteiger partial charge in [-0.05, 0) is 43.2 Å². The zero-order valence-electron chi connectivity index (χ0n) is 18.1. The second-order valence-electron chi connectivity index (χ2n) is 7.41. The molecular weight excluding hydrogens is 466 g/mol. The first-order valence-corrected chi connectivity index (χ1v) is 12.9. The van der Waals surface area contributed by atoms with Gasteiger partial charge in [0.25, 0.3) is 0 Å². The average molecular weight is 492 g/mol. The van der Waals surface area contributed by atoms with Gasteiger partial charge in [-0.1, -0.05) is 17.8 Å². The predicted molar refractivity (Wildman–Crippen MR) is 126 cm³/mol. The highest BCUT2D eigenvalue weighted by Gasteiger charge is 2.19. The van der Waals surface area contributed by atoms with Crippen LogP contribution >= 0.6 is 11.3 Å². The van der Waals surface area contributed by atoms with Crippen LogP contribution in [0.5, 0.6) is 17.2 Å². The quantitative estimate of drug-likeness (QED) is 0.417. The summed E-state index contributed by atoms with van der Waals surface area (Å²) >= 11 is 1.40. The summed E-state index contributed by atoms with van der Waals surface area (Å²) in [4.78, 5) is 16.7. The van der Waals surface area contributed by atoms with Gasteiger partial charge in [-0.2, -0.15) is 0 Å². The summed E-state index contributed by atoms with van der Waals surface area (Å²) in [7, 11) is -2.03. The van der Waals surface area contributed by atoms with Crippen LogP contribution < -0.4 is 24.2 Å². The lowest BCUT2D eigenvalue weighted by molar-refractivity contribution is -0.116. The number of thiazole rings is 1. The minimum absolute atomic E-state index is 0.113. The minimum Gasteiger partial charge on any atom is -0.497 e. The molecule has 1 aromatic heterocycles. The number of hydrogen-bond acceptors (Lipinski definition) is 8. The highest BCUT2D eigenvalue weighted by Crippen LogP contribution is 2.32. The molecule has 176 valence electrons. The SMILES string of the molecule is COc1ccc2nc(NC(=O)CCCCCNS(=O)(=O)c3ccc4c(c3)OCCO4)sc2c1. The summed E-state index contributed by atoms with van der Waals surface area (Å²) < 4.78 is 44.6. The van der Waals surface area contributed by atoms with Gasteiger partial charge in [-0.25, -0.2) is 18.1 Å². The number of nitrogens with one attached hydrogen (secondary N) is 2. The number of rotatable bonds is 10. The van der Waals surface area contributed by atoms with Crippen molar-refractivity contribution in [2.75, 3.05) is 32.2 Å². The van der Waals surface area contributed by atoms with Crippen LogP contribution in [0.4, 0.5) is 5.13 Å². The lowest BCUT2D eigenvalue weighted by Gasteiger charge is -2.18. The molecule has 0 spiro atoms. The summed E-state index contributed by atoms with van der Waals surface area (Å²) in [6, 6.07) is 10.1.